The zero-order chi connectivity index (χ0) is 19.9. The number of carbonyl (C=O) groups is 2. The van der Waals surface area contributed by atoms with Crippen molar-refractivity contribution in [2.75, 3.05) is 0 Å². The van der Waals surface area contributed by atoms with E-state index >= 15 is 0 Å². The smallest absolute Gasteiger partial charge is 0.343 e. The summed E-state index contributed by atoms with van der Waals surface area (Å²) in [7, 11) is 1.56. The van der Waals surface area contributed by atoms with Crippen molar-refractivity contribution >= 4 is 18.1 Å². The van der Waals surface area contributed by atoms with Gasteiger partial charge in [-0.3, -0.25) is 9.59 Å². The zero-order valence-electron chi connectivity index (χ0n) is 15.0. The highest BCUT2D eigenvalue weighted by Crippen LogP contribution is 2.13. The van der Waals surface area contributed by atoms with Gasteiger partial charge in [0.2, 0.25) is 0 Å². The summed E-state index contributed by atoms with van der Waals surface area (Å²) in [6.07, 6.45) is 2.99. The Morgan fingerprint density at radius 1 is 1.00 bits per heavy atom. The Morgan fingerprint density at radius 2 is 1.71 bits per heavy atom. The molecule has 7 nitrogen and oxygen atoms in total. The molecule has 7 heteroatoms. The van der Waals surface area contributed by atoms with Gasteiger partial charge in [-0.2, -0.15) is 5.10 Å². The van der Waals surface area contributed by atoms with E-state index in [4.69, 9.17) is 4.74 Å². The molecule has 1 amide bonds. The lowest BCUT2D eigenvalue weighted by Gasteiger charge is -2.04. The number of amides is 1. The van der Waals surface area contributed by atoms with Gasteiger partial charge in [-0.25, -0.2) is 10.2 Å². The summed E-state index contributed by atoms with van der Waals surface area (Å²) in [6.45, 7) is 0. The molecule has 1 N–H and O–H groups in total. The molecular weight excluding hydrogens is 358 g/mol. The fourth-order valence-electron chi connectivity index (χ4n) is 2.36. The number of hydrogen-bond acceptors (Lipinski definition) is 5. The molecule has 1 aromatic heterocycles. The number of nitrogens with zero attached hydrogens (tertiary/aromatic N) is 2. The summed E-state index contributed by atoms with van der Waals surface area (Å²) >= 11 is 0. The number of esters is 1. The van der Waals surface area contributed by atoms with E-state index in [1.165, 1.54) is 16.8 Å². The van der Waals surface area contributed by atoms with Crippen LogP contribution in [0.25, 0.3) is 0 Å². The van der Waals surface area contributed by atoms with E-state index in [9.17, 15) is 14.4 Å². The first kappa shape index (κ1) is 18.8. The molecule has 140 valence electrons. The van der Waals surface area contributed by atoms with E-state index in [0.717, 1.165) is 0 Å². The Bertz CT molecular complexity index is 1070. The summed E-state index contributed by atoms with van der Waals surface area (Å²) < 4.78 is 6.60. The molecule has 0 aliphatic rings. The average Bonchev–Trinajstić information content (AvgIpc) is 2.72. The number of benzene rings is 2. The molecule has 3 rings (SSSR count). The van der Waals surface area contributed by atoms with Crippen molar-refractivity contribution in [1.29, 1.82) is 0 Å². The van der Waals surface area contributed by atoms with Crippen molar-refractivity contribution in [3.63, 3.8) is 0 Å². The lowest BCUT2D eigenvalue weighted by atomic mass is 10.2. The number of aromatic nitrogens is 1. The maximum atomic E-state index is 12.0. The van der Waals surface area contributed by atoms with Gasteiger partial charge in [0, 0.05) is 13.2 Å². The maximum absolute atomic E-state index is 12.0. The average molecular weight is 375 g/mol. The molecule has 0 bridgehead atoms. The van der Waals surface area contributed by atoms with Crippen molar-refractivity contribution in [3.05, 3.63) is 100.0 Å². The molecule has 3 aromatic rings. The maximum Gasteiger partial charge on any atom is 0.343 e. The second-order valence-corrected chi connectivity index (χ2v) is 5.86. The monoisotopic (exact) mass is 375 g/mol. The molecule has 0 saturated carbocycles. The zero-order valence-corrected chi connectivity index (χ0v) is 15.0. The predicted octanol–water partition coefficient (Wildman–Crippen LogP) is 2.37. The third-order valence-electron chi connectivity index (χ3n) is 3.85. The van der Waals surface area contributed by atoms with Crippen LogP contribution >= 0.6 is 0 Å². The van der Waals surface area contributed by atoms with Crippen LogP contribution in [0.5, 0.6) is 5.75 Å². The predicted molar refractivity (Wildman–Crippen MR) is 105 cm³/mol. The first-order chi connectivity index (χ1) is 13.5. The van der Waals surface area contributed by atoms with Gasteiger partial charge in [-0.05, 0) is 54.1 Å². The normalized spacial score (nSPS) is 10.6. The summed E-state index contributed by atoms with van der Waals surface area (Å²) in [5.74, 6) is -0.646. The SMILES string of the molecule is Cn1cccc(C(=O)N/N=C\c2ccc(OC(=O)c3ccccc3)cc2)c1=O. The van der Waals surface area contributed by atoms with Crippen LogP contribution in [0.15, 0.2) is 82.8 Å². The van der Waals surface area contributed by atoms with E-state index in [1.54, 1.807) is 67.8 Å². The Kier molecular flexibility index (Phi) is 5.76. The van der Waals surface area contributed by atoms with E-state index < -0.39 is 17.4 Å². The fraction of sp³-hybridized carbons (Fsp3) is 0.0476. The molecular formula is C21H17N3O4. The second kappa shape index (κ2) is 8.59. The van der Waals surface area contributed by atoms with Crippen LogP contribution < -0.4 is 15.7 Å². The standard InChI is InChI=1S/C21H17N3O4/c1-24-13-5-8-18(20(24)26)19(25)23-22-14-15-9-11-17(12-10-15)28-21(27)16-6-3-2-4-7-16/h2-14H,1H3,(H,23,25)/b22-14-. The molecule has 0 spiro atoms. The molecule has 1 heterocycles. The third kappa shape index (κ3) is 4.59. The van der Waals surface area contributed by atoms with Crippen molar-refractivity contribution in [1.82, 2.24) is 9.99 Å². The molecule has 0 atom stereocenters. The van der Waals surface area contributed by atoms with Crippen LogP contribution in [0.2, 0.25) is 0 Å². The molecule has 0 radical (unpaired) electrons. The first-order valence-electron chi connectivity index (χ1n) is 8.41. The van der Waals surface area contributed by atoms with Gasteiger partial charge >= 0.3 is 5.97 Å². The molecule has 2 aromatic carbocycles. The number of hydrazone groups is 1. The Morgan fingerprint density at radius 3 is 2.43 bits per heavy atom. The van der Waals surface area contributed by atoms with E-state index in [0.29, 0.717) is 16.9 Å². The van der Waals surface area contributed by atoms with Crippen LogP contribution in [-0.4, -0.2) is 22.7 Å². The van der Waals surface area contributed by atoms with Crippen molar-refractivity contribution in [3.8, 4) is 5.75 Å². The fourth-order valence-corrected chi connectivity index (χ4v) is 2.36. The minimum Gasteiger partial charge on any atom is -0.423 e. The first-order valence-corrected chi connectivity index (χ1v) is 8.41. The largest absolute Gasteiger partial charge is 0.423 e. The third-order valence-corrected chi connectivity index (χ3v) is 3.85. The number of nitrogens with one attached hydrogen (secondary N) is 1. The highest BCUT2D eigenvalue weighted by molar-refractivity contribution is 5.94. The molecule has 0 aliphatic carbocycles. The van der Waals surface area contributed by atoms with Crippen molar-refractivity contribution in [2.24, 2.45) is 12.1 Å². The van der Waals surface area contributed by atoms with E-state index in [1.807, 2.05) is 6.07 Å². The van der Waals surface area contributed by atoms with Crippen LogP contribution in [0, 0.1) is 0 Å². The Balaban J connectivity index is 1.59. The van der Waals surface area contributed by atoms with Gasteiger partial charge in [0.05, 0.1) is 11.8 Å². The quantitative estimate of drug-likeness (QED) is 0.321. The van der Waals surface area contributed by atoms with Gasteiger partial charge in [0.25, 0.3) is 11.5 Å². The lowest BCUT2D eigenvalue weighted by Crippen LogP contribution is -2.29. The highest BCUT2D eigenvalue weighted by Gasteiger charge is 2.10. The second-order valence-electron chi connectivity index (χ2n) is 5.86. The minimum atomic E-state index is -0.592. The van der Waals surface area contributed by atoms with Crippen molar-refractivity contribution in [2.45, 2.75) is 0 Å². The lowest BCUT2D eigenvalue weighted by molar-refractivity contribution is 0.0734. The minimum absolute atomic E-state index is 0.00493. The number of hydrogen-bond donors (Lipinski definition) is 1. The number of carbonyl (C=O) groups excluding carboxylic acids is 2. The Hall–Kier alpha value is -4.00. The highest BCUT2D eigenvalue weighted by atomic mass is 16.5. The number of aryl methyl sites for hydroxylation is 1. The Labute approximate surface area is 160 Å². The summed E-state index contributed by atoms with van der Waals surface area (Å²) in [4.78, 5) is 35.9. The van der Waals surface area contributed by atoms with Crippen LogP contribution in [0.3, 0.4) is 0 Å². The summed E-state index contributed by atoms with van der Waals surface area (Å²) in [5.41, 5.74) is 3.06. The number of ether oxygens (including phenoxy) is 1. The van der Waals surface area contributed by atoms with Gasteiger partial charge in [-0.1, -0.05) is 18.2 Å². The van der Waals surface area contributed by atoms with Crippen LogP contribution in [0.1, 0.15) is 26.3 Å². The van der Waals surface area contributed by atoms with Gasteiger partial charge in [-0.15, -0.1) is 0 Å². The van der Waals surface area contributed by atoms with Gasteiger partial charge in [0.15, 0.2) is 0 Å². The van der Waals surface area contributed by atoms with Crippen LogP contribution in [-0.2, 0) is 7.05 Å². The topological polar surface area (TPSA) is 89.8 Å². The number of pyridine rings is 1. The molecule has 0 unspecified atom stereocenters. The molecule has 0 saturated heterocycles. The summed E-state index contributed by atoms with van der Waals surface area (Å²) in [6, 6.07) is 18.3. The van der Waals surface area contributed by atoms with E-state index in [-0.39, 0.29) is 5.56 Å². The molecule has 0 fully saturated rings. The van der Waals surface area contributed by atoms with Crippen LogP contribution in [0.4, 0.5) is 0 Å². The number of rotatable bonds is 5. The molecule has 0 aliphatic heterocycles. The van der Waals surface area contributed by atoms with Gasteiger partial charge in [0.1, 0.15) is 11.3 Å². The van der Waals surface area contributed by atoms with Crippen molar-refractivity contribution < 1.29 is 14.3 Å². The molecule has 28 heavy (non-hydrogen) atoms. The van der Waals surface area contributed by atoms with Gasteiger partial charge < -0.3 is 9.30 Å². The van der Waals surface area contributed by atoms with E-state index in [2.05, 4.69) is 10.5 Å². The summed E-state index contributed by atoms with van der Waals surface area (Å²) in [5, 5.41) is 3.85.